The van der Waals surface area contributed by atoms with Crippen molar-refractivity contribution in [3.63, 3.8) is 0 Å². The summed E-state index contributed by atoms with van der Waals surface area (Å²) in [4.78, 5) is 13.8. The van der Waals surface area contributed by atoms with Crippen LogP contribution in [0, 0.1) is 17.1 Å². The summed E-state index contributed by atoms with van der Waals surface area (Å²) in [6.45, 7) is 1.33. The summed E-state index contributed by atoms with van der Waals surface area (Å²) in [5.74, 6) is -0.742. The normalized spacial score (nSPS) is 11.1. The van der Waals surface area contributed by atoms with Crippen LogP contribution in [0.2, 0.25) is 0 Å². The zero-order chi connectivity index (χ0) is 17.1. The Labute approximate surface area is 138 Å². The molecule has 24 heavy (non-hydrogen) atoms. The first-order chi connectivity index (χ1) is 11.6. The third-order valence-electron chi connectivity index (χ3n) is 3.89. The fourth-order valence-electron chi connectivity index (χ4n) is 2.63. The summed E-state index contributed by atoms with van der Waals surface area (Å²) in [6.07, 6.45) is 0. The van der Waals surface area contributed by atoms with E-state index in [-0.39, 0.29) is 5.82 Å². The highest BCUT2D eigenvalue weighted by Gasteiger charge is 2.11. The van der Waals surface area contributed by atoms with E-state index in [1.165, 1.54) is 12.1 Å². The first kappa shape index (κ1) is 16.0. The third-order valence-corrected chi connectivity index (χ3v) is 3.89. The minimum Gasteiger partial charge on any atom is -0.408 e. The Balaban J connectivity index is 1.72. The first-order valence-electron chi connectivity index (χ1n) is 7.54. The van der Waals surface area contributed by atoms with Gasteiger partial charge in [-0.2, -0.15) is 5.26 Å². The van der Waals surface area contributed by atoms with E-state index in [2.05, 4.69) is 0 Å². The molecular formula is C18H16FN3O2. The Morgan fingerprint density at radius 1 is 1.29 bits per heavy atom. The largest absolute Gasteiger partial charge is 0.419 e. The maximum absolute atomic E-state index is 13.8. The van der Waals surface area contributed by atoms with Crippen LogP contribution in [0.5, 0.6) is 0 Å². The molecule has 0 saturated carbocycles. The van der Waals surface area contributed by atoms with E-state index in [0.717, 1.165) is 5.52 Å². The highest BCUT2D eigenvalue weighted by atomic mass is 19.1. The summed E-state index contributed by atoms with van der Waals surface area (Å²) < 4.78 is 20.6. The van der Waals surface area contributed by atoms with E-state index in [1.807, 2.05) is 36.2 Å². The van der Waals surface area contributed by atoms with E-state index in [4.69, 9.17) is 9.68 Å². The van der Waals surface area contributed by atoms with Gasteiger partial charge in [0, 0.05) is 25.2 Å². The van der Waals surface area contributed by atoms with Crippen LogP contribution in [0.4, 0.5) is 4.39 Å². The van der Waals surface area contributed by atoms with E-state index < -0.39 is 5.76 Å². The summed E-state index contributed by atoms with van der Waals surface area (Å²) in [6, 6.07) is 13.5. The predicted octanol–water partition coefficient (Wildman–Crippen LogP) is 2.74. The molecule has 0 atom stereocenters. The highest BCUT2D eigenvalue weighted by Crippen LogP contribution is 2.14. The topological polar surface area (TPSA) is 62.2 Å². The van der Waals surface area contributed by atoms with Gasteiger partial charge in [0.25, 0.3) is 0 Å². The van der Waals surface area contributed by atoms with Crippen LogP contribution in [0.1, 0.15) is 11.1 Å². The van der Waals surface area contributed by atoms with Gasteiger partial charge in [-0.05, 0) is 37.4 Å². The minimum atomic E-state index is -0.401. The van der Waals surface area contributed by atoms with Crippen molar-refractivity contribution in [2.75, 3.05) is 13.6 Å². The number of fused-ring (bicyclic) bond motifs is 1. The van der Waals surface area contributed by atoms with Gasteiger partial charge in [-0.25, -0.2) is 9.18 Å². The molecule has 0 aliphatic carbocycles. The molecule has 2 aromatic carbocycles. The number of rotatable bonds is 5. The third kappa shape index (κ3) is 3.21. The summed E-state index contributed by atoms with van der Waals surface area (Å²) in [7, 11) is 1.84. The van der Waals surface area contributed by atoms with Gasteiger partial charge < -0.3 is 9.32 Å². The lowest BCUT2D eigenvalue weighted by Gasteiger charge is -2.17. The van der Waals surface area contributed by atoms with Crippen LogP contribution < -0.4 is 5.76 Å². The quantitative estimate of drug-likeness (QED) is 0.723. The molecule has 0 N–H and O–H groups in total. The molecule has 1 heterocycles. The number of oxazole rings is 1. The number of hydrogen-bond donors (Lipinski definition) is 0. The van der Waals surface area contributed by atoms with Crippen molar-refractivity contribution in [1.29, 1.82) is 5.26 Å². The smallest absolute Gasteiger partial charge is 0.408 e. The molecule has 0 radical (unpaired) electrons. The molecule has 0 unspecified atom stereocenters. The molecule has 0 amide bonds. The zero-order valence-corrected chi connectivity index (χ0v) is 13.2. The Kier molecular flexibility index (Phi) is 4.45. The molecule has 5 nitrogen and oxygen atoms in total. The van der Waals surface area contributed by atoms with Crippen molar-refractivity contribution in [2.24, 2.45) is 0 Å². The minimum absolute atomic E-state index is 0.341. The van der Waals surface area contributed by atoms with Gasteiger partial charge in [0.15, 0.2) is 5.58 Å². The number of likely N-dealkylation sites (N-methyl/N-ethyl adjacent to an activating group) is 1. The highest BCUT2D eigenvalue weighted by molar-refractivity contribution is 5.72. The van der Waals surface area contributed by atoms with Crippen molar-refractivity contribution >= 4 is 11.1 Å². The monoisotopic (exact) mass is 325 g/mol. The van der Waals surface area contributed by atoms with Crippen LogP contribution in [-0.2, 0) is 13.1 Å². The number of aromatic nitrogens is 1. The Morgan fingerprint density at radius 2 is 2.08 bits per heavy atom. The fourth-order valence-corrected chi connectivity index (χ4v) is 2.63. The molecular weight excluding hydrogens is 309 g/mol. The van der Waals surface area contributed by atoms with E-state index >= 15 is 0 Å². The average Bonchev–Trinajstić information content (AvgIpc) is 2.90. The van der Waals surface area contributed by atoms with Gasteiger partial charge in [0.2, 0.25) is 0 Å². The van der Waals surface area contributed by atoms with Crippen molar-refractivity contribution < 1.29 is 8.81 Å². The van der Waals surface area contributed by atoms with Gasteiger partial charge in [0.1, 0.15) is 5.82 Å². The summed E-state index contributed by atoms with van der Waals surface area (Å²) in [5.41, 5.74) is 2.18. The molecule has 0 bridgehead atoms. The molecule has 3 aromatic rings. The predicted molar refractivity (Wildman–Crippen MR) is 87.9 cm³/mol. The van der Waals surface area contributed by atoms with Crippen molar-refractivity contribution in [3.05, 3.63) is 70.0 Å². The molecule has 0 spiro atoms. The van der Waals surface area contributed by atoms with Gasteiger partial charge in [-0.15, -0.1) is 0 Å². The maximum Gasteiger partial charge on any atom is 0.419 e. The average molecular weight is 325 g/mol. The fraction of sp³-hybridized carbons (Fsp3) is 0.222. The number of benzene rings is 2. The van der Waals surface area contributed by atoms with Crippen LogP contribution in [-0.4, -0.2) is 23.1 Å². The number of nitrogens with zero attached hydrogens (tertiary/aromatic N) is 3. The Bertz CT molecular complexity index is 968. The van der Waals surface area contributed by atoms with Gasteiger partial charge in [0.05, 0.1) is 17.1 Å². The van der Waals surface area contributed by atoms with Crippen molar-refractivity contribution in [2.45, 2.75) is 13.1 Å². The number of hydrogen-bond acceptors (Lipinski definition) is 4. The second kappa shape index (κ2) is 6.69. The molecule has 0 saturated heterocycles. The lowest BCUT2D eigenvalue weighted by atomic mass is 10.1. The summed E-state index contributed by atoms with van der Waals surface area (Å²) in [5, 5.41) is 8.91. The zero-order valence-electron chi connectivity index (χ0n) is 13.2. The molecule has 0 aliphatic heterocycles. The van der Waals surface area contributed by atoms with E-state index in [1.54, 1.807) is 16.7 Å². The van der Waals surface area contributed by atoms with Gasteiger partial charge in [-0.3, -0.25) is 4.57 Å². The molecule has 122 valence electrons. The van der Waals surface area contributed by atoms with Crippen LogP contribution >= 0.6 is 0 Å². The van der Waals surface area contributed by atoms with Crippen LogP contribution in [0.3, 0.4) is 0 Å². The number of halogens is 1. The molecule has 3 rings (SSSR count). The number of para-hydroxylation sites is 2. The summed E-state index contributed by atoms with van der Waals surface area (Å²) >= 11 is 0. The molecule has 0 aliphatic rings. The van der Waals surface area contributed by atoms with Crippen LogP contribution in [0.25, 0.3) is 11.1 Å². The standard InChI is InChI=1S/C18H16FN3O2/c1-21(12-14-10-13(11-20)6-7-15(14)19)8-9-22-16-4-2-3-5-17(16)24-18(22)23/h2-7,10H,8-9,12H2,1H3. The molecule has 0 fully saturated rings. The maximum atomic E-state index is 13.8. The molecule has 6 heteroatoms. The SMILES string of the molecule is CN(CCn1c(=O)oc2ccccc21)Cc1cc(C#N)ccc1F. The van der Waals surface area contributed by atoms with Crippen molar-refractivity contribution in [3.8, 4) is 6.07 Å². The molecule has 1 aromatic heterocycles. The first-order valence-corrected chi connectivity index (χ1v) is 7.54. The van der Waals surface area contributed by atoms with E-state index in [0.29, 0.717) is 36.3 Å². The number of nitriles is 1. The Hall–Kier alpha value is -2.91. The second-order valence-corrected chi connectivity index (χ2v) is 5.64. The van der Waals surface area contributed by atoms with E-state index in [9.17, 15) is 9.18 Å². The van der Waals surface area contributed by atoms with Crippen molar-refractivity contribution in [1.82, 2.24) is 9.47 Å². The van der Waals surface area contributed by atoms with Crippen LogP contribution in [0.15, 0.2) is 51.7 Å². The van der Waals surface area contributed by atoms with Gasteiger partial charge >= 0.3 is 5.76 Å². The lowest BCUT2D eigenvalue weighted by Crippen LogP contribution is -2.26. The Morgan fingerprint density at radius 3 is 2.88 bits per heavy atom. The second-order valence-electron chi connectivity index (χ2n) is 5.64. The lowest BCUT2D eigenvalue weighted by molar-refractivity contribution is 0.303. The van der Waals surface area contributed by atoms with Gasteiger partial charge in [-0.1, -0.05) is 12.1 Å².